The molecule has 15 heteroatoms. The van der Waals surface area contributed by atoms with Gasteiger partial charge in [0.15, 0.2) is 5.65 Å². The maximum Gasteiger partial charge on any atom is 0.320 e. The van der Waals surface area contributed by atoms with E-state index >= 15 is 0 Å². The Labute approximate surface area is 297 Å². The number of anilines is 2. The summed E-state index contributed by atoms with van der Waals surface area (Å²) in [7, 11) is 0. The van der Waals surface area contributed by atoms with Gasteiger partial charge in [-0.2, -0.15) is 5.10 Å². The predicted octanol–water partition coefficient (Wildman–Crippen LogP) is 4.26. The van der Waals surface area contributed by atoms with Crippen LogP contribution < -0.4 is 20.3 Å². The second-order valence-corrected chi connectivity index (χ2v) is 14.1. The molecule has 3 aromatic heterocycles. The van der Waals surface area contributed by atoms with Crippen molar-refractivity contribution in [3.05, 3.63) is 65.5 Å². The zero-order valence-corrected chi connectivity index (χ0v) is 29.8. The SMILES string of the molecule is C[C@H]1COCCN1c1nnc2ccc(O[C@@H]3CC[C@H](NC(=O)Nc4cc(C(C)(C)C)nn4CCN4CCOCC4)c4ccccc43)cn12.O=CO. The molecule has 3 aliphatic rings. The fourth-order valence-electron chi connectivity index (χ4n) is 6.76. The topological polar surface area (TPSA) is 161 Å². The summed E-state index contributed by atoms with van der Waals surface area (Å²) in [5, 5.41) is 27.0. The largest absolute Gasteiger partial charge is 0.484 e. The summed E-state index contributed by atoms with van der Waals surface area (Å²) in [6, 6.07) is 13.9. The molecule has 0 radical (unpaired) electrons. The minimum Gasteiger partial charge on any atom is -0.484 e. The number of pyridine rings is 1. The van der Waals surface area contributed by atoms with E-state index in [0.29, 0.717) is 25.6 Å². The standard InChI is InChI=1S/C35H47N9O4.CH2O2/c1-24-23-47-20-17-42(24)34-39-38-31-12-9-25(22-43(31)34)48-29-11-10-28(26-7-5-6-8-27(26)29)36-33(45)37-32-21-30(35(2,3)4)40-44(32)14-13-41-15-18-46-19-16-41;2-1-3/h5-9,12,21-22,24,28-29H,10-11,13-20,23H2,1-4H3,(H2,36,37,45);1H,(H,2,3)/t24-,28-,29+;/m0./s1. The Morgan fingerprint density at radius 3 is 2.51 bits per heavy atom. The van der Waals surface area contributed by atoms with Crippen LogP contribution in [0.2, 0.25) is 0 Å². The van der Waals surface area contributed by atoms with Crippen LogP contribution in [-0.4, -0.2) is 106 Å². The highest BCUT2D eigenvalue weighted by Crippen LogP contribution is 2.39. The number of urea groups is 1. The van der Waals surface area contributed by atoms with Gasteiger partial charge in [-0.25, -0.2) is 9.48 Å². The van der Waals surface area contributed by atoms with E-state index in [0.717, 1.165) is 86.4 Å². The summed E-state index contributed by atoms with van der Waals surface area (Å²) in [6.07, 6.45) is 3.31. The molecular weight excluding hydrogens is 654 g/mol. The fraction of sp³-hybridized carbons (Fsp3) is 0.528. The lowest BCUT2D eigenvalue weighted by Crippen LogP contribution is -2.44. The van der Waals surface area contributed by atoms with Crippen molar-refractivity contribution >= 4 is 29.9 Å². The first-order valence-electron chi connectivity index (χ1n) is 17.6. The second kappa shape index (κ2) is 16.1. The summed E-state index contributed by atoms with van der Waals surface area (Å²) in [6.45, 7) is 15.2. The van der Waals surface area contributed by atoms with Crippen LogP contribution in [0.4, 0.5) is 16.6 Å². The quantitative estimate of drug-likeness (QED) is 0.225. The van der Waals surface area contributed by atoms with Gasteiger partial charge in [0.05, 0.1) is 56.9 Å². The molecule has 1 aromatic carbocycles. The Kier molecular flexibility index (Phi) is 11.4. The summed E-state index contributed by atoms with van der Waals surface area (Å²) < 4.78 is 21.7. The number of nitrogens with one attached hydrogen (secondary N) is 2. The van der Waals surface area contributed by atoms with Crippen LogP contribution >= 0.6 is 0 Å². The highest BCUT2D eigenvalue weighted by Gasteiger charge is 2.31. The average Bonchev–Trinajstić information content (AvgIpc) is 3.73. The number of fused-ring (bicyclic) bond motifs is 2. The number of hydrogen-bond donors (Lipinski definition) is 3. The molecule has 1 aliphatic carbocycles. The highest BCUT2D eigenvalue weighted by atomic mass is 16.5. The summed E-state index contributed by atoms with van der Waals surface area (Å²) >= 11 is 0. The van der Waals surface area contributed by atoms with E-state index in [1.165, 1.54) is 0 Å². The number of hydrogen-bond acceptors (Lipinski definition) is 10. The van der Waals surface area contributed by atoms with Crippen LogP contribution in [0.15, 0.2) is 48.7 Å². The van der Waals surface area contributed by atoms with Crippen LogP contribution in [0.1, 0.15) is 69.5 Å². The second-order valence-electron chi connectivity index (χ2n) is 14.1. The van der Waals surface area contributed by atoms with Gasteiger partial charge >= 0.3 is 6.03 Å². The van der Waals surface area contributed by atoms with Gasteiger partial charge in [0.2, 0.25) is 5.95 Å². The third kappa shape index (κ3) is 8.60. The third-order valence-electron chi connectivity index (χ3n) is 9.52. The molecule has 4 aromatic rings. The maximum atomic E-state index is 13.5. The molecule has 7 rings (SSSR count). The van der Waals surface area contributed by atoms with E-state index in [9.17, 15) is 4.79 Å². The maximum absolute atomic E-state index is 13.5. The van der Waals surface area contributed by atoms with Crippen molar-refractivity contribution < 1.29 is 28.9 Å². The molecule has 0 spiro atoms. The van der Waals surface area contributed by atoms with Gasteiger partial charge in [0.1, 0.15) is 17.7 Å². The first kappa shape index (κ1) is 36.1. The number of morpholine rings is 2. The van der Waals surface area contributed by atoms with Crippen molar-refractivity contribution in [1.29, 1.82) is 0 Å². The van der Waals surface area contributed by atoms with Crippen molar-refractivity contribution in [2.24, 2.45) is 0 Å². The highest BCUT2D eigenvalue weighted by molar-refractivity contribution is 5.88. The molecule has 51 heavy (non-hydrogen) atoms. The number of amides is 2. The first-order valence-corrected chi connectivity index (χ1v) is 17.6. The molecule has 274 valence electrons. The Morgan fingerprint density at radius 2 is 1.76 bits per heavy atom. The summed E-state index contributed by atoms with van der Waals surface area (Å²) in [5.41, 5.74) is 3.71. The van der Waals surface area contributed by atoms with E-state index in [1.807, 2.05) is 45.6 Å². The molecule has 3 atom stereocenters. The number of ether oxygens (including phenoxy) is 3. The number of carbonyl (C=O) groups excluding carboxylic acids is 1. The number of rotatable bonds is 8. The van der Waals surface area contributed by atoms with Crippen molar-refractivity contribution in [1.82, 2.24) is 34.6 Å². The van der Waals surface area contributed by atoms with Gasteiger partial charge in [0, 0.05) is 37.7 Å². The summed E-state index contributed by atoms with van der Waals surface area (Å²) in [5.74, 6) is 2.24. The monoisotopic (exact) mass is 703 g/mol. The van der Waals surface area contributed by atoms with Crippen LogP contribution in [0.3, 0.4) is 0 Å². The van der Waals surface area contributed by atoms with Gasteiger partial charge < -0.3 is 29.5 Å². The van der Waals surface area contributed by atoms with E-state index in [-0.39, 0.29) is 36.1 Å². The molecule has 2 saturated heterocycles. The van der Waals surface area contributed by atoms with Crippen molar-refractivity contribution in [3.8, 4) is 5.75 Å². The van der Waals surface area contributed by atoms with Crippen LogP contribution in [-0.2, 0) is 26.2 Å². The minimum absolute atomic E-state index is 0.143. The van der Waals surface area contributed by atoms with Gasteiger partial charge in [-0.1, -0.05) is 45.0 Å². The van der Waals surface area contributed by atoms with E-state index in [1.54, 1.807) is 0 Å². The van der Waals surface area contributed by atoms with Gasteiger partial charge in [-0.3, -0.25) is 19.4 Å². The molecule has 2 amide bonds. The Hall–Kier alpha value is -4.73. The van der Waals surface area contributed by atoms with Gasteiger partial charge in [-0.15, -0.1) is 10.2 Å². The molecule has 0 saturated carbocycles. The molecule has 2 aliphatic heterocycles. The van der Waals surface area contributed by atoms with Crippen LogP contribution in [0.25, 0.3) is 5.65 Å². The van der Waals surface area contributed by atoms with E-state index in [4.69, 9.17) is 29.2 Å². The average molecular weight is 704 g/mol. The first-order chi connectivity index (χ1) is 24.6. The Bertz CT molecular complexity index is 1780. The lowest BCUT2D eigenvalue weighted by molar-refractivity contribution is -0.122. The molecule has 15 nitrogen and oxygen atoms in total. The van der Waals surface area contributed by atoms with Gasteiger partial charge in [0.25, 0.3) is 6.47 Å². The van der Waals surface area contributed by atoms with E-state index < -0.39 is 0 Å². The normalized spacial score (nSPS) is 20.9. The molecular formula is C36H49N9O6. The Balaban J connectivity index is 0.00000144. The third-order valence-corrected chi connectivity index (χ3v) is 9.52. The number of carboxylic acid groups (broad SMARTS) is 1. The van der Waals surface area contributed by atoms with Gasteiger partial charge in [-0.05, 0) is 43.0 Å². The molecule has 2 fully saturated rings. The lowest BCUT2D eigenvalue weighted by Gasteiger charge is -2.33. The Morgan fingerprint density at radius 1 is 1.02 bits per heavy atom. The molecule has 3 N–H and O–H groups in total. The van der Waals surface area contributed by atoms with Crippen molar-refractivity contribution in [2.45, 2.75) is 70.7 Å². The molecule has 5 heterocycles. The summed E-state index contributed by atoms with van der Waals surface area (Å²) in [4.78, 5) is 26.5. The number of aromatic nitrogens is 5. The molecule has 0 bridgehead atoms. The predicted molar refractivity (Wildman–Crippen MR) is 191 cm³/mol. The minimum atomic E-state index is -0.250. The fourth-order valence-corrected chi connectivity index (χ4v) is 6.76. The smallest absolute Gasteiger partial charge is 0.320 e. The number of benzene rings is 1. The lowest BCUT2D eigenvalue weighted by atomic mass is 9.85. The van der Waals surface area contributed by atoms with E-state index in [2.05, 4.69) is 70.5 Å². The van der Waals surface area contributed by atoms with Crippen LogP contribution in [0.5, 0.6) is 5.75 Å². The zero-order valence-electron chi connectivity index (χ0n) is 29.8. The van der Waals surface area contributed by atoms with Crippen molar-refractivity contribution in [2.75, 3.05) is 62.8 Å². The molecule has 0 unspecified atom stereocenters. The van der Waals surface area contributed by atoms with Crippen molar-refractivity contribution in [3.63, 3.8) is 0 Å². The zero-order chi connectivity index (χ0) is 36.0. The number of nitrogens with zero attached hydrogens (tertiary/aromatic N) is 7. The number of carbonyl (C=O) groups is 2. The van der Waals surface area contributed by atoms with Crippen LogP contribution in [0, 0.1) is 0 Å².